The summed E-state index contributed by atoms with van der Waals surface area (Å²) in [5.74, 6) is 0. The van der Waals surface area contributed by atoms with Gasteiger partial charge >= 0.3 is 5.69 Å². The fraction of sp³-hybridized carbons (Fsp3) is 0.471. The molecular formula is C17H23N3O. The minimum atomic E-state index is 0.0175. The molecule has 1 aliphatic carbocycles. The van der Waals surface area contributed by atoms with E-state index in [1.165, 1.54) is 12.0 Å². The minimum Gasteiger partial charge on any atom is -0.330 e. The van der Waals surface area contributed by atoms with Crippen molar-refractivity contribution in [3.8, 4) is 5.69 Å². The molecule has 0 unspecified atom stereocenters. The molecule has 0 radical (unpaired) electrons. The lowest BCUT2D eigenvalue weighted by molar-refractivity contribution is 0.252. The summed E-state index contributed by atoms with van der Waals surface area (Å²) in [7, 11) is 0. The van der Waals surface area contributed by atoms with Crippen molar-refractivity contribution < 1.29 is 0 Å². The van der Waals surface area contributed by atoms with Crippen LogP contribution in [0.5, 0.6) is 0 Å². The molecular weight excluding hydrogens is 262 g/mol. The number of para-hydroxylation sites is 1. The summed E-state index contributed by atoms with van der Waals surface area (Å²) in [5, 5.41) is 0. The molecule has 3 rings (SSSR count). The van der Waals surface area contributed by atoms with Gasteiger partial charge in [0.05, 0.1) is 5.69 Å². The van der Waals surface area contributed by atoms with Gasteiger partial charge in [0.25, 0.3) is 0 Å². The quantitative estimate of drug-likeness (QED) is 0.938. The zero-order chi connectivity index (χ0) is 15.0. The monoisotopic (exact) mass is 285 g/mol. The van der Waals surface area contributed by atoms with Crippen molar-refractivity contribution in [3.63, 3.8) is 0 Å². The van der Waals surface area contributed by atoms with Crippen LogP contribution in [0.4, 0.5) is 0 Å². The third-order valence-electron chi connectivity index (χ3n) is 4.80. The maximum atomic E-state index is 12.6. The molecule has 0 bridgehead atoms. The van der Waals surface area contributed by atoms with Gasteiger partial charge in [0.1, 0.15) is 0 Å². The van der Waals surface area contributed by atoms with Gasteiger partial charge in [0, 0.05) is 30.4 Å². The molecule has 2 N–H and O–H groups in total. The standard InChI is InChI=1S/C17H23N3O/c1-13(2)19-10-11-20(16(19)21)15-7-4-3-6-14(15)17(12-18)8-5-9-17/h3-4,6-7,10-11,13H,5,8-9,12,18H2,1-2H3. The van der Waals surface area contributed by atoms with Crippen LogP contribution in [0.25, 0.3) is 5.69 Å². The first-order valence-electron chi connectivity index (χ1n) is 7.68. The van der Waals surface area contributed by atoms with Gasteiger partial charge < -0.3 is 5.73 Å². The highest BCUT2D eigenvalue weighted by Crippen LogP contribution is 2.44. The molecule has 1 aromatic carbocycles. The summed E-state index contributed by atoms with van der Waals surface area (Å²) in [4.78, 5) is 12.6. The Morgan fingerprint density at radius 3 is 2.48 bits per heavy atom. The van der Waals surface area contributed by atoms with Gasteiger partial charge in [-0.05, 0) is 38.3 Å². The number of rotatable bonds is 4. The van der Waals surface area contributed by atoms with E-state index in [4.69, 9.17) is 5.73 Å². The number of nitrogens with two attached hydrogens (primary N) is 1. The Hall–Kier alpha value is -1.81. The predicted molar refractivity (Wildman–Crippen MR) is 85.0 cm³/mol. The molecule has 0 atom stereocenters. The van der Waals surface area contributed by atoms with Crippen LogP contribution in [0.1, 0.15) is 44.7 Å². The summed E-state index contributed by atoms with van der Waals surface area (Å²) >= 11 is 0. The Morgan fingerprint density at radius 1 is 1.24 bits per heavy atom. The molecule has 4 heteroatoms. The maximum Gasteiger partial charge on any atom is 0.332 e. The molecule has 1 aromatic heterocycles. The Kier molecular flexibility index (Phi) is 3.49. The first kappa shape index (κ1) is 14.1. The zero-order valence-corrected chi connectivity index (χ0v) is 12.7. The second-order valence-corrected chi connectivity index (χ2v) is 6.31. The van der Waals surface area contributed by atoms with Gasteiger partial charge in [-0.25, -0.2) is 4.79 Å². The largest absolute Gasteiger partial charge is 0.332 e. The highest BCUT2D eigenvalue weighted by atomic mass is 16.1. The van der Waals surface area contributed by atoms with E-state index in [1.807, 2.05) is 44.4 Å². The van der Waals surface area contributed by atoms with Gasteiger partial charge in [-0.1, -0.05) is 24.6 Å². The lowest BCUT2D eigenvalue weighted by atomic mass is 9.64. The van der Waals surface area contributed by atoms with E-state index >= 15 is 0 Å². The van der Waals surface area contributed by atoms with Crippen molar-refractivity contribution in [2.75, 3.05) is 6.54 Å². The van der Waals surface area contributed by atoms with Crippen LogP contribution < -0.4 is 11.4 Å². The summed E-state index contributed by atoms with van der Waals surface area (Å²) in [6.45, 7) is 4.68. The van der Waals surface area contributed by atoms with E-state index in [0.717, 1.165) is 18.5 Å². The summed E-state index contributed by atoms with van der Waals surface area (Å²) in [6.07, 6.45) is 7.16. The smallest absolute Gasteiger partial charge is 0.330 e. The molecule has 1 heterocycles. The molecule has 112 valence electrons. The van der Waals surface area contributed by atoms with Crippen molar-refractivity contribution >= 4 is 0 Å². The Labute approximate surface area is 125 Å². The highest BCUT2D eigenvalue weighted by molar-refractivity contribution is 5.47. The number of hydrogen-bond acceptors (Lipinski definition) is 2. The van der Waals surface area contributed by atoms with Crippen LogP contribution >= 0.6 is 0 Å². The van der Waals surface area contributed by atoms with Crippen LogP contribution in [0.15, 0.2) is 41.5 Å². The fourth-order valence-corrected chi connectivity index (χ4v) is 3.29. The Morgan fingerprint density at radius 2 is 1.95 bits per heavy atom. The number of aromatic nitrogens is 2. The Balaban J connectivity index is 2.14. The lowest BCUT2D eigenvalue weighted by Crippen LogP contribution is -2.42. The van der Waals surface area contributed by atoms with Crippen LogP contribution in [0.3, 0.4) is 0 Å². The fourth-order valence-electron chi connectivity index (χ4n) is 3.29. The molecule has 2 aromatic rings. The Bertz CT molecular complexity index is 687. The molecule has 0 aliphatic heterocycles. The van der Waals surface area contributed by atoms with E-state index in [2.05, 4.69) is 6.07 Å². The topological polar surface area (TPSA) is 52.9 Å². The summed E-state index contributed by atoms with van der Waals surface area (Å²) in [6, 6.07) is 8.34. The van der Waals surface area contributed by atoms with Crippen LogP contribution in [-0.2, 0) is 5.41 Å². The lowest BCUT2D eigenvalue weighted by Gasteiger charge is -2.42. The summed E-state index contributed by atoms with van der Waals surface area (Å²) < 4.78 is 3.51. The van der Waals surface area contributed by atoms with E-state index < -0.39 is 0 Å². The van der Waals surface area contributed by atoms with E-state index in [9.17, 15) is 4.79 Å². The third kappa shape index (κ3) is 2.14. The average Bonchev–Trinajstić information content (AvgIpc) is 2.81. The van der Waals surface area contributed by atoms with Crippen LogP contribution in [-0.4, -0.2) is 15.7 Å². The highest BCUT2D eigenvalue weighted by Gasteiger charge is 2.39. The molecule has 4 nitrogen and oxygen atoms in total. The first-order chi connectivity index (χ1) is 10.1. The second-order valence-electron chi connectivity index (χ2n) is 6.31. The average molecular weight is 285 g/mol. The SMILES string of the molecule is CC(C)n1ccn(-c2ccccc2C2(CN)CCC2)c1=O. The molecule has 21 heavy (non-hydrogen) atoms. The van der Waals surface area contributed by atoms with Gasteiger partial charge in [0.2, 0.25) is 0 Å². The first-order valence-corrected chi connectivity index (χ1v) is 7.68. The van der Waals surface area contributed by atoms with Crippen molar-refractivity contribution in [3.05, 3.63) is 52.7 Å². The molecule has 0 amide bonds. The van der Waals surface area contributed by atoms with Gasteiger partial charge in [-0.3, -0.25) is 9.13 Å². The van der Waals surface area contributed by atoms with Crippen LogP contribution in [0, 0.1) is 0 Å². The predicted octanol–water partition coefficient (Wildman–Crippen LogP) is 2.60. The second kappa shape index (κ2) is 5.19. The van der Waals surface area contributed by atoms with Crippen molar-refractivity contribution in [2.24, 2.45) is 5.73 Å². The van der Waals surface area contributed by atoms with E-state index in [1.54, 1.807) is 9.13 Å². The molecule has 1 saturated carbocycles. The van der Waals surface area contributed by atoms with Gasteiger partial charge in [-0.2, -0.15) is 0 Å². The van der Waals surface area contributed by atoms with E-state index in [-0.39, 0.29) is 17.1 Å². The molecule has 1 fully saturated rings. The normalized spacial score (nSPS) is 17.0. The zero-order valence-electron chi connectivity index (χ0n) is 12.7. The third-order valence-corrected chi connectivity index (χ3v) is 4.80. The van der Waals surface area contributed by atoms with E-state index in [0.29, 0.717) is 6.54 Å². The van der Waals surface area contributed by atoms with Crippen molar-refractivity contribution in [1.82, 2.24) is 9.13 Å². The number of hydrogen-bond donors (Lipinski definition) is 1. The number of benzene rings is 1. The molecule has 0 spiro atoms. The van der Waals surface area contributed by atoms with Crippen molar-refractivity contribution in [2.45, 2.75) is 44.6 Å². The minimum absolute atomic E-state index is 0.0175. The van der Waals surface area contributed by atoms with Gasteiger partial charge in [-0.15, -0.1) is 0 Å². The van der Waals surface area contributed by atoms with Gasteiger partial charge in [0.15, 0.2) is 0 Å². The maximum absolute atomic E-state index is 12.6. The number of imidazole rings is 1. The summed E-state index contributed by atoms with van der Waals surface area (Å²) in [5.41, 5.74) is 8.31. The molecule has 1 aliphatic rings. The van der Waals surface area contributed by atoms with Crippen molar-refractivity contribution in [1.29, 1.82) is 0 Å². The number of nitrogens with zero attached hydrogens (tertiary/aromatic N) is 2. The molecule has 0 saturated heterocycles. The van der Waals surface area contributed by atoms with Crippen LogP contribution in [0.2, 0.25) is 0 Å².